The molecule has 2 heterocycles. The number of fused-ring (bicyclic) bond motifs is 2. The third-order valence-electron chi connectivity index (χ3n) is 13.1. The van der Waals surface area contributed by atoms with Crippen LogP contribution in [0.5, 0.6) is 0 Å². The van der Waals surface area contributed by atoms with Crippen molar-refractivity contribution in [3.63, 3.8) is 0 Å². The highest BCUT2D eigenvalue weighted by atomic mass is 31.2. The molecule has 2 aliphatic rings. The second-order valence-corrected chi connectivity index (χ2v) is 23.4. The van der Waals surface area contributed by atoms with Crippen molar-refractivity contribution in [2.24, 2.45) is 0 Å². The summed E-state index contributed by atoms with van der Waals surface area (Å²) in [6, 6.07) is 12.4. The summed E-state index contributed by atoms with van der Waals surface area (Å²) in [6.07, 6.45) is 17.7. The number of nitrogens with one attached hydrogen (secondary N) is 2. The molecule has 6 N–H and O–H groups in total. The van der Waals surface area contributed by atoms with Gasteiger partial charge in [-0.2, -0.15) is 0 Å². The van der Waals surface area contributed by atoms with Crippen LogP contribution in [0.25, 0.3) is 0 Å². The largest absolute Gasteiger partial charge is 0.481 e. The minimum Gasteiger partial charge on any atom is -0.481 e. The second kappa shape index (κ2) is 29.1. The first-order valence-electron chi connectivity index (χ1n) is 25.1. The summed E-state index contributed by atoms with van der Waals surface area (Å²) in [5.41, 5.74) is 6.74. The Balaban J connectivity index is 1.52. The van der Waals surface area contributed by atoms with Crippen molar-refractivity contribution >= 4 is 56.2 Å². The molecule has 0 radical (unpaired) electrons. The van der Waals surface area contributed by atoms with Gasteiger partial charge in [-0.05, 0) is 116 Å². The fourth-order valence-electron chi connectivity index (χ4n) is 8.75. The molecule has 392 valence electrons. The molecule has 0 bridgehead atoms. The number of hydrogen-bond acceptors (Lipinski definition) is 11. The van der Waals surface area contributed by atoms with Gasteiger partial charge in [0.2, 0.25) is 5.69 Å². The smallest absolute Gasteiger partial charge is 0.330 e. The number of allylic oxidation sites excluding steroid dienone is 6. The van der Waals surface area contributed by atoms with Crippen LogP contribution in [-0.4, -0.2) is 88.8 Å². The number of benzene rings is 2. The zero-order chi connectivity index (χ0) is 51.9. The van der Waals surface area contributed by atoms with Crippen molar-refractivity contribution in [1.82, 2.24) is 0 Å². The molecule has 0 saturated heterocycles. The number of hydrogen-bond donors (Lipinski definition) is 6. The van der Waals surface area contributed by atoms with Crippen LogP contribution in [0.2, 0.25) is 0 Å². The number of unbranched alkanes of at least 4 members (excludes halogenated alkanes) is 8. The van der Waals surface area contributed by atoms with Gasteiger partial charge in [-0.25, -0.2) is 4.99 Å². The number of anilines is 1. The molecule has 0 spiro atoms. The van der Waals surface area contributed by atoms with Gasteiger partial charge in [0.1, 0.15) is 0 Å². The quantitative estimate of drug-likeness (QED) is 0.0209. The van der Waals surface area contributed by atoms with Gasteiger partial charge in [-0.1, -0.05) is 73.2 Å². The lowest BCUT2D eigenvalue weighted by Gasteiger charge is -2.29. The minimum atomic E-state index is -3.63. The van der Waals surface area contributed by atoms with E-state index in [4.69, 9.17) is 38.5 Å². The monoisotopic (exact) mass is 1030 g/mol. The van der Waals surface area contributed by atoms with E-state index in [1.54, 1.807) is 0 Å². The maximum absolute atomic E-state index is 14.4. The number of aliphatic carboxylic acids is 4. The van der Waals surface area contributed by atoms with Gasteiger partial charge < -0.3 is 43.8 Å². The predicted molar refractivity (Wildman–Crippen MR) is 275 cm³/mol. The predicted octanol–water partition coefficient (Wildman–Crippen LogP) is 10.9. The molecule has 18 heteroatoms. The Kier molecular flexibility index (Phi) is 24.1. The Bertz CT molecular complexity index is 2280. The first-order chi connectivity index (χ1) is 33.8. The second-order valence-electron chi connectivity index (χ2n) is 19.1. The summed E-state index contributed by atoms with van der Waals surface area (Å²) < 4.78 is 52.8. The van der Waals surface area contributed by atoms with E-state index in [-0.39, 0.29) is 64.4 Å². The number of rotatable bonds is 37. The molecular weight excluding hydrogens is 951 g/mol. The Morgan fingerprint density at radius 2 is 0.986 bits per heavy atom. The first-order valence-corrected chi connectivity index (χ1v) is 28.6. The normalized spacial score (nSPS) is 18.3. The lowest BCUT2D eigenvalue weighted by molar-refractivity contribution is -0.349. The fraction of sp³-hybridized carbons (Fsp3) is 0.566. The van der Waals surface area contributed by atoms with Crippen LogP contribution >= 0.6 is 15.2 Å². The highest BCUT2D eigenvalue weighted by Gasteiger charge is 2.46. The molecule has 2 unspecified atom stereocenters. The maximum atomic E-state index is 14.4. The molecule has 71 heavy (non-hydrogen) atoms. The molecule has 0 aromatic heterocycles. The van der Waals surface area contributed by atoms with Crippen molar-refractivity contribution in [2.45, 2.75) is 154 Å². The lowest BCUT2D eigenvalue weighted by atomic mass is 9.76. The Hall–Kier alpha value is -4.69. The van der Waals surface area contributed by atoms with E-state index in [0.717, 1.165) is 45.0 Å². The van der Waals surface area contributed by atoms with Gasteiger partial charge in [0, 0.05) is 60.2 Å². The molecule has 0 saturated carbocycles. The van der Waals surface area contributed by atoms with Gasteiger partial charge in [0.15, 0.2) is 5.71 Å². The van der Waals surface area contributed by atoms with E-state index in [1.165, 1.54) is 0 Å². The maximum Gasteiger partial charge on any atom is 0.330 e. The average Bonchev–Trinajstić information content (AvgIpc) is 3.74. The minimum absolute atomic E-state index is 0.0527. The zero-order valence-electron chi connectivity index (χ0n) is 42.1. The van der Waals surface area contributed by atoms with Crippen LogP contribution in [-0.2, 0) is 57.2 Å². The lowest BCUT2D eigenvalue weighted by Crippen LogP contribution is -2.65. The number of carbonyl (C=O) groups is 4. The molecule has 0 amide bonds. The third kappa shape index (κ3) is 19.7. The highest BCUT2D eigenvalue weighted by Crippen LogP contribution is 2.55. The molecular formula is C53H77N2O14P2+. The SMILES string of the molecule is Cc1ccc2c(c1)C(C)(CCP(=O)(OCCCCCC(=O)O)OCCCCCC(=O)O)C(=CC=CC=CC1=[NH+]c3ccc(C)cc3C1(C)CCP(=O)(OCCCCCC(=O)O)OCCCCCC(=O)O)N2. The van der Waals surface area contributed by atoms with E-state index >= 15 is 0 Å². The van der Waals surface area contributed by atoms with Gasteiger partial charge in [0.25, 0.3) is 0 Å². The van der Waals surface area contributed by atoms with Gasteiger partial charge in [-0.15, -0.1) is 0 Å². The van der Waals surface area contributed by atoms with E-state index in [0.29, 0.717) is 89.9 Å². The summed E-state index contributed by atoms with van der Waals surface area (Å²) in [4.78, 5) is 47.6. The van der Waals surface area contributed by atoms with Crippen molar-refractivity contribution in [2.75, 3.05) is 44.1 Å². The molecule has 2 aliphatic heterocycles. The van der Waals surface area contributed by atoms with Crippen LogP contribution < -0.4 is 10.3 Å². The van der Waals surface area contributed by atoms with Crippen molar-refractivity contribution in [3.05, 3.63) is 94.7 Å². The van der Waals surface area contributed by atoms with Crippen LogP contribution in [0.1, 0.15) is 152 Å². The van der Waals surface area contributed by atoms with Crippen LogP contribution in [0.15, 0.2) is 72.5 Å². The van der Waals surface area contributed by atoms with E-state index in [1.807, 2.05) is 68.5 Å². The molecule has 4 rings (SSSR count). The van der Waals surface area contributed by atoms with Crippen molar-refractivity contribution < 1.29 is 71.8 Å². The summed E-state index contributed by atoms with van der Waals surface area (Å²) in [7, 11) is -7.26. The van der Waals surface area contributed by atoms with Crippen LogP contribution in [0.4, 0.5) is 11.4 Å². The molecule has 0 aliphatic carbocycles. The van der Waals surface area contributed by atoms with Crippen LogP contribution in [0, 0.1) is 13.8 Å². The van der Waals surface area contributed by atoms with E-state index in [2.05, 4.69) is 36.3 Å². The highest BCUT2D eigenvalue weighted by molar-refractivity contribution is 7.54. The number of carboxylic acid groups (broad SMARTS) is 4. The van der Waals surface area contributed by atoms with E-state index in [9.17, 15) is 28.3 Å². The van der Waals surface area contributed by atoms with Gasteiger partial charge >= 0.3 is 39.1 Å². The van der Waals surface area contributed by atoms with Crippen molar-refractivity contribution in [1.29, 1.82) is 0 Å². The van der Waals surface area contributed by atoms with E-state index < -0.39 is 49.9 Å². The Morgan fingerprint density at radius 3 is 1.44 bits per heavy atom. The number of carboxylic acids is 4. The summed E-state index contributed by atoms with van der Waals surface area (Å²) in [5.74, 6) is -3.46. The molecule has 2 atom stereocenters. The first kappa shape index (κ1) is 58.9. The Labute approximate surface area is 419 Å². The Morgan fingerprint density at radius 1 is 0.563 bits per heavy atom. The molecule has 2 aromatic rings. The summed E-state index contributed by atoms with van der Waals surface area (Å²) >= 11 is 0. The zero-order valence-corrected chi connectivity index (χ0v) is 43.9. The number of aryl methyl sites for hydroxylation is 2. The van der Waals surface area contributed by atoms with Crippen LogP contribution in [0.3, 0.4) is 0 Å². The summed E-state index contributed by atoms with van der Waals surface area (Å²) in [6.45, 7) is 8.91. The van der Waals surface area contributed by atoms with Gasteiger partial charge in [-0.3, -0.25) is 28.3 Å². The molecule has 2 aromatic carbocycles. The van der Waals surface area contributed by atoms with Crippen molar-refractivity contribution in [3.8, 4) is 0 Å². The third-order valence-corrected chi connectivity index (χ3v) is 16.9. The average molecular weight is 1030 g/mol. The summed E-state index contributed by atoms with van der Waals surface area (Å²) in [5, 5.41) is 39.7. The standard InChI is InChI=1S/C53H76N2O14P2/c1-40-26-28-44-42(38-40)52(3,30-36-70(64,66-32-16-6-12-22-48(56)57)67-33-17-7-13-23-49(58)59)46(54-44)20-10-5-11-21-47-53(4,43-39-41(2)27-29-45(43)55-47)31-37-71(65,68-34-18-8-14-24-50(60)61)69-35-19-9-15-25-51(62)63/h5,10-11,20-21,26-29,38-39,54H,6-9,12-19,22-25,30-37H2,1-4H3,(H,56,57)(H,58,59)(H,60,61)(H,62,63)/p+1. The molecule has 16 nitrogen and oxygen atoms in total. The van der Waals surface area contributed by atoms with Gasteiger partial charge in [0.05, 0.1) is 44.2 Å². The molecule has 0 fully saturated rings. The topological polar surface area (TPSA) is 246 Å². The fourth-order valence-corrected chi connectivity index (χ4v) is 12.5.